The maximum Gasteiger partial charge on any atom is 0.219 e. The van der Waals surface area contributed by atoms with Crippen LogP contribution in [0.2, 0.25) is 0 Å². The minimum Gasteiger partial charge on any atom is -0.436 e. The van der Waals surface area contributed by atoms with Crippen molar-refractivity contribution >= 4 is 0 Å². The number of rotatable bonds is 6. The summed E-state index contributed by atoms with van der Waals surface area (Å²) < 4.78 is 7.69. The monoisotopic (exact) mass is 274 g/mol. The normalized spacial score (nSPS) is 11.1. The average Bonchev–Trinajstić information content (AvgIpc) is 2.87. The van der Waals surface area contributed by atoms with E-state index in [2.05, 4.69) is 42.2 Å². The smallest absolute Gasteiger partial charge is 0.219 e. The molecule has 0 saturated carbocycles. The van der Waals surface area contributed by atoms with Crippen LogP contribution in [0, 0.1) is 0 Å². The molecule has 5 heteroatoms. The van der Waals surface area contributed by atoms with Crippen LogP contribution in [-0.2, 0) is 13.0 Å². The Labute approximate surface area is 120 Å². The van der Waals surface area contributed by atoms with Gasteiger partial charge in [0.1, 0.15) is 0 Å². The Morgan fingerprint density at radius 3 is 2.75 bits per heavy atom. The van der Waals surface area contributed by atoms with E-state index in [1.165, 1.54) is 5.56 Å². The largest absolute Gasteiger partial charge is 0.436 e. The van der Waals surface area contributed by atoms with Crippen molar-refractivity contribution in [2.45, 2.75) is 39.8 Å². The van der Waals surface area contributed by atoms with Gasteiger partial charge in [-0.05, 0) is 38.9 Å². The molecule has 2 heterocycles. The molecule has 0 radical (unpaired) electrons. The fourth-order valence-corrected chi connectivity index (χ4v) is 1.94. The van der Waals surface area contributed by atoms with Crippen LogP contribution in [0.5, 0.6) is 11.6 Å². The molecule has 0 fully saturated rings. The van der Waals surface area contributed by atoms with Gasteiger partial charge in [-0.2, -0.15) is 5.10 Å². The molecule has 2 aromatic heterocycles. The molecule has 20 heavy (non-hydrogen) atoms. The molecule has 0 spiro atoms. The third-order valence-electron chi connectivity index (χ3n) is 2.99. The SMILES string of the molecule is CCc1cc(CNC)cc(Oc2cnn(C(C)C)c2)n1. The second-order valence-corrected chi connectivity index (χ2v) is 5.04. The molecular formula is C15H22N4O. The van der Waals surface area contributed by atoms with Gasteiger partial charge in [0, 0.05) is 24.3 Å². The van der Waals surface area contributed by atoms with Gasteiger partial charge in [0.25, 0.3) is 0 Å². The summed E-state index contributed by atoms with van der Waals surface area (Å²) in [4.78, 5) is 4.50. The molecule has 2 rings (SSSR count). The molecule has 0 aliphatic rings. The van der Waals surface area contributed by atoms with Gasteiger partial charge in [0.2, 0.25) is 5.88 Å². The van der Waals surface area contributed by atoms with Gasteiger partial charge in [0.15, 0.2) is 5.75 Å². The highest BCUT2D eigenvalue weighted by Gasteiger charge is 2.07. The summed E-state index contributed by atoms with van der Waals surface area (Å²) in [5.41, 5.74) is 2.20. The lowest BCUT2D eigenvalue weighted by atomic mass is 10.2. The lowest BCUT2D eigenvalue weighted by molar-refractivity contribution is 0.456. The van der Waals surface area contributed by atoms with Gasteiger partial charge in [-0.15, -0.1) is 0 Å². The van der Waals surface area contributed by atoms with Gasteiger partial charge >= 0.3 is 0 Å². The first kappa shape index (κ1) is 14.5. The van der Waals surface area contributed by atoms with Crippen molar-refractivity contribution < 1.29 is 4.74 Å². The van der Waals surface area contributed by atoms with Crippen molar-refractivity contribution in [3.05, 3.63) is 35.8 Å². The maximum absolute atomic E-state index is 5.82. The van der Waals surface area contributed by atoms with Gasteiger partial charge in [-0.3, -0.25) is 4.68 Å². The highest BCUT2D eigenvalue weighted by Crippen LogP contribution is 2.22. The summed E-state index contributed by atoms with van der Waals surface area (Å²) in [6.45, 7) is 7.05. The van der Waals surface area contributed by atoms with Crippen LogP contribution in [0.25, 0.3) is 0 Å². The quantitative estimate of drug-likeness (QED) is 0.880. The summed E-state index contributed by atoms with van der Waals surface area (Å²) in [6.07, 6.45) is 4.50. The fourth-order valence-electron chi connectivity index (χ4n) is 1.94. The number of hydrogen-bond donors (Lipinski definition) is 1. The second kappa shape index (κ2) is 6.52. The van der Waals surface area contributed by atoms with Crippen LogP contribution in [0.3, 0.4) is 0 Å². The predicted octanol–water partition coefficient (Wildman–Crippen LogP) is 2.93. The van der Waals surface area contributed by atoms with Crippen LogP contribution in [-0.4, -0.2) is 21.8 Å². The Morgan fingerprint density at radius 2 is 2.15 bits per heavy atom. The zero-order valence-electron chi connectivity index (χ0n) is 12.6. The van der Waals surface area contributed by atoms with Crippen molar-refractivity contribution in [3.8, 4) is 11.6 Å². The first-order valence-electron chi connectivity index (χ1n) is 6.98. The van der Waals surface area contributed by atoms with Crippen molar-refractivity contribution in [1.82, 2.24) is 20.1 Å². The third-order valence-corrected chi connectivity index (χ3v) is 2.99. The minimum absolute atomic E-state index is 0.321. The Bertz CT molecular complexity index is 563. The summed E-state index contributed by atoms with van der Waals surface area (Å²) in [5, 5.41) is 7.41. The molecular weight excluding hydrogens is 252 g/mol. The number of nitrogens with zero attached hydrogens (tertiary/aromatic N) is 3. The number of aromatic nitrogens is 3. The molecule has 0 aliphatic heterocycles. The first-order chi connectivity index (χ1) is 9.62. The van der Waals surface area contributed by atoms with E-state index in [1.54, 1.807) is 6.20 Å². The van der Waals surface area contributed by atoms with Gasteiger partial charge in [0.05, 0.1) is 12.4 Å². The van der Waals surface area contributed by atoms with Crippen LogP contribution >= 0.6 is 0 Å². The third kappa shape index (κ3) is 3.57. The lowest BCUT2D eigenvalue weighted by Gasteiger charge is -2.08. The minimum atomic E-state index is 0.321. The Hall–Kier alpha value is -1.88. The molecule has 0 aromatic carbocycles. The molecule has 0 aliphatic carbocycles. The van der Waals surface area contributed by atoms with E-state index in [-0.39, 0.29) is 0 Å². The molecule has 0 amide bonds. The van der Waals surface area contributed by atoms with Crippen molar-refractivity contribution in [2.24, 2.45) is 0 Å². The van der Waals surface area contributed by atoms with Gasteiger partial charge in [-0.25, -0.2) is 4.98 Å². The Morgan fingerprint density at radius 1 is 1.35 bits per heavy atom. The zero-order valence-corrected chi connectivity index (χ0v) is 12.6. The van der Waals surface area contributed by atoms with Gasteiger partial charge < -0.3 is 10.1 Å². The van der Waals surface area contributed by atoms with E-state index >= 15 is 0 Å². The van der Waals surface area contributed by atoms with Crippen molar-refractivity contribution in [3.63, 3.8) is 0 Å². The topological polar surface area (TPSA) is 52.0 Å². The fraction of sp³-hybridized carbons (Fsp3) is 0.467. The van der Waals surface area contributed by atoms with E-state index in [0.717, 1.165) is 24.4 Å². The first-order valence-corrected chi connectivity index (χ1v) is 6.98. The zero-order chi connectivity index (χ0) is 14.5. The van der Waals surface area contributed by atoms with E-state index in [4.69, 9.17) is 4.74 Å². The van der Waals surface area contributed by atoms with Crippen LogP contribution in [0.1, 0.15) is 38.1 Å². The van der Waals surface area contributed by atoms with Crippen LogP contribution in [0.15, 0.2) is 24.5 Å². The molecule has 0 atom stereocenters. The Kier molecular flexibility index (Phi) is 4.74. The van der Waals surface area contributed by atoms with E-state index in [1.807, 2.05) is 24.0 Å². The van der Waals surface area contributed by atoms with E-state index < -0.39 is 0 Å². The summed E-state index contributed by atoms with van der Waals surface area (Å²) in [5.74, 6) is 1.34. The number of ether oxygens (including phenoxy) is 1. The van der Waals surface area contributed by atoms with Crippen molar-refractivity contribution in [1.29, 1.82) is 0 Å². The number of hydrogen-bond acceptors (Lipinski definition) is 4. The van der Waals surface area contributed by atoms with E-state index in [9.17, 15) is 0 Å². The summed E-state index contributed by atoms with van der Waals surface area (Å²) in [7, 11) is 1.93. The van der Waals surface area contributed by atoms with Crippen LogP contribution < -0.4 is 10.1 Å². The number of pyridine rings is 1. The van der Waals surface area contributed by atoms with E-state index in [0.29, 0.717) is 11.9 Å². The maximum atomic E-state index is 5.82. The Balaban J connectivity index is 2.20. The van der Waals surface area contributed by atoms with Crippen LogP contribution in [0.4, 0.5) is 0 Å². The highest BCUT2D eigenvalue weighted by atomic mass is 16.5. The standard InChI is InChI=1S/C15H22N4O/c1-5-13-6-12(8-16-4)7-15(18-13)20-14-9-17-19(10-14)11(2)3/h6-7,9-11,16H,5,8H2,1-4H3. The highest BCUT2D eigenvalue weighted by molar-refractivity contribution is 5.29. The molecule has 0 unspecified atom stereocenters. The summed E-state index contributed by atoms with van der Waals surface area (Å²) in [6, 6.07) is 4.38. The lowest BCUT2D eigenvalue weighted by Crippen LogP contribution is -2.06. The summed E-state index contributed by atoms with van der Waals surface area (Å²) >= 11 is 0. The molecule has 5 nitrogen and oxygen atoms in total. The molecule has 0 bridgehead atoms. The molecule has 1 N–H and O–H groups in total. The molecule has 2 aromatic rings. The predicted molar refractivity (Wildman–Crippen MR) is 79.1 cm³/mol. The van der Waals surface area contributed by atoms with Gasteiger partial charge in [-0.1, -0.05) is 6.92 Å². The second-order valence-electron chi connectivity index (χ2n) is 5.04. The molecule has 0 saturated heterocycles. The molecule has 108 valence electrons. The van der Waals surface area contributed by atoms with Crippen molar-refractivity contribution in [2.75, 3.05) is 7.05 Å². The number of aryl methyl sites for hydroxylation is 1. The number of nitrogens with one attached hydrogen (secondary N) is 1. The average molecular weight is 274 g/mol.